The number of hydrogen-bond acceptors (Lipinski definition) is 5. The van der Waals surface area contributed by atoms with E-state index in [9.17, 15) is 4.79 Å². The summed E-state index contributed by atoms with van der Waals surface area (Å²) in [7, 11) is 1.56. The van der Waals surface area contributed by atoms with E-state index in [1.54, 1.807) is 23.5 Å². The number of hydrogen-bond donors (Lipinski definition) is 2. The molecule has 1 aliphatic rings. The summed E-state index contributed by atoms with van der Waals surface area (Å²) in [5.41, 5.74) is 5.60. The zero-order chi connectivity index (χ0) is 13.1. The molecule has 2 rings (SSSR count). The van der Waals surface area contributed by atoms with Gasteiger partial charge in [0.25, 0.3) is 5.91 Å². The third-order valence-electron chi connectivity index (χ3n) is 2.99. The molecule has 1 aromatic heterocycles. The SMILES string of the molecule is COc1csc(C(=O)N2CCCC2C(N)=NO)c1. The number of thiophene rings is 1. The van der Waals surface area contributed by atoms with Crippen LogP contribution in [0.15, 0.2) is 16.6 Å². The zero-order valence-corrected chi connectivity index (χ0v) is 10.8. The van der Waals surface area contributed by atoms with Crippen LogP contribution in [-0.2, 0) is 0 Å². The summed E-state index contributed by atoms with van der Waals surface area (Å²) in [6, 6.07) is 1.39. The highest BCUT2D eigenvalue weighted by atomic mass is 32.1. The summed E-state index contributed by atoms with van der Waals surface area (Å²) < 4.78 is 5.05. The van der Waals surface area contributed by atoms with E-state index in [1.165, 1.54) is 11.3 Å². The van der Waals surface area contributed by atoms with Gasteiger partial charge in [0.2, 0.25) is 0 Å². The van der Waals surface area contributed by atoms with E-state index in [1.807, 2.05) is 0 Å². The largest absolute Gasteiger partial charge is 0.496 e. The Morgan fingerprint density at radius 2 is 2.50 bits per heavy atom. The second kappa shape index (κ2) is 5.26. The molecular formula is C11H15N3O3S. The fourth-order valence-electron chi connectivity index (χ4n) is 2.06. The smallest absolute Gasteiger partial charge is 0.264 e. The van der Waals surface area contributed by atoms with Crippen LogP contribution in [-0.4, -0.2) is 41.5 Å². The molecule has 1 fully saturated rings. The first-order valence-corrected chi connectivity index (χ1v) is 6.46. The van der Waals surface area contributed by atoms with Crippen LogP contribution in [0.5, 0.6) is 5.75 Å². The Hall–Kier alpha value is -1.76. The molecule has 0 aliphatic carbocycles. The van der Waals surface area contributed by atoms with E-state index >= 15 is 0 Å². The molecular weight excluding hydrogens is 254 g/mol. The Balaban J connectivity index is 2.17. The Morgan fingerprint density at radius 3 is 3.11 bits per heavy atom. The van der Waals surface area contributed by atoms with E-state index < -0.39 is 0 Å². The first-order chi connectivity index (χ1) is 8.67. The number of nitrogens with two attached hydrogens (primary N) is 1. The minimum atomic E-state index is -0.310. The summed E-state index contributed by atoms with van der Waals surface area (Å²) >= 11 is 1.33. The van der Waals surface area contributed by atoms with Crippen LogP contribution < -0.4 is 10.5 Å². The predicted octanol–water partition coefficient (Wildman–Crippen LogP) is 1.11. The van der Waals surface area contributed by atoms with Crippen molar-refractivity contribution in [2.75, 3.05) is 13.7 Å². The summed E-state index contributed by atoms with van der Waals surface area (Å²) in [5, 5.41) is 13.5. The van der Waals surface area contributed by atoms with Crippen LogP contribution in [0.1, 0.15) is 22.5 Å². The fraction of sp³-hybridized carbons (Fsp3) is 0.455. The third-order valence-corrected chi connectivity index (χ3v) is 3.89. The molecule has 1 amide bonds. The highest BCUT2D eigenvalue weighted by Crippen LogP contribution is 2.26. The number of nitrogens with zero attached hydrogens (tertiary/aromatic N) is 2. The molecule has 98 valence electrons. The van der Waals surface area contributed by atoms with E-state index in [4.69, 9.17) is 15.7 Å². The number of rotatable bonds is 3. The van der Waals surface area contributed by atoms with Gasteiger partial charge in [-0.05, 0) is 12.8 Å². The monoisotopic (exact) mass is 269 g/mol. The van der Waals surface area contributed by atoms with Gasteiger partial charge in [0.15, 0.2) is 5.84 Å². The number of amidine groups is 1. The van der Waals surface area contributed by atoms with Gasteiger partial charge in [0.1, 0.15) is 5.75 Å². The van der Waals surface area contributed by atoms with Crippen molar-refractivity contribution in [3.8, 4) is 5.75 Å². The van der Waals surface area contributed by atoms with Crippen molar-refractivity contribution in [2.45, 2.75) is 18.9 Å². The minimum Gasteiger partial charge on any atom is -0.496 e. The predicted molar refractivity (Wildman–Crippen MR) is 68.3 cm³/mol. The fourth-order valence-corrected chi connectivity index (χ4v) is 2.87. The van der Waals surface area contributed by atoms with Gasteiger partial charge in [0.05, 0.1) is 18.0 Å². The Labute approximate surface area is 109 Å². The number of carbonyl (C=O) groups is 1. The van der Waals surface area contributed by atoms with Gasteiger partial charge in [-0.25, -0.2) is 0 Å². The number of methoxy groups -OCH3 is 1. The van der Waals surface area contributed by atoms with Crippen molar-refractivity contribution in [3.63, 3.8) is 0 Å². The highest BCUT2D eigenvalue weighted by Gasteiger charge is 2.33. The van der Waals surface area contributed by atoms with Crippen LogP contribution in [0.4, 0.5) is 0 Å². The second-order valence-corrected chi connectivity index (χ2v) is 4.94. The second-order valence-electron chi connectivity index (χ2n) is 4.03. The third kappa shape index (κ3) is 2.26. The van der Waals surface area contributed by atoms with Crippen LogP contribution in [0.3, 0.4) is 0 Å². The lowest BCUT2D eigenvalue weighted by atomic mass is 10.2. The van der Waals surface area contributed by atoms with Gasteiger partial charge < -0.3 is 20.6 Å². The molecule has 1 unspecified atom stereocenters. The maximum absolute atomic E-state index is 12.3. The van der Waals surface area contributed by atoms with Gasteiger partial charge in [-0.2, -0.15) is 0 Å². The van der Waals surface area contributed by atoms with Gasteiger partial charge in [-0.1, -0.05) is 5.16 Å². The van der Waals surface area contributed by atoms with Gasteiger partial charge in [-0.3, -0.25) is 4.79 Å². The molecule has 3 N–H and O–H groups in total. The molecule has 0 aromatic carbocycles. The lowest BCUT2D eigenvalue weighted by Gasteiger charge is -2.22. The van der Waals surface area contributed by atoms with Crippen molar-refractivity contribution in [1.82, 2.24) is 4.90 Å². The van der Waals surface area contributed by atoms with Crippen molar-refractivity contribution in [1.29, 1.82) is 0 Å². The van der Waals surface area contributed by atoms with E-state index in [0.29, 0.717) is 17.2 Å². The van der Waals surface area contributed by atoms with Crippen molar-refractivity contribution < 1.29 is 14.7 Å². The average Bonchev–Trinajstić information content (AvgIpc) is 3.05. The molecule has 1 atom stereocenters. The summed E-state index contributed by atoms with van der Waals surface area (Å²) in [6.07, 6.45) is 1.58. The Bertz CT molecular complexity index is 472. The van der Waals surface area contributed by atoms with Crippen molar-refractivity contribution in [2.24, 2.45) is 10.9 Å². The Kier molecular flexibility index (Phi) is 3.71. The molecule has 18 heavy (non-hydrogen) atoms. The topological polar surface area (TPSA) is 88.2 Å². The van der Waals surface area contributed by atoms with Crippen LogP contribution in [0.2, 0.25) is 0 Å². The summed E-state index contributed by atoms with van der Waals surface area (Å²) in [6.45, 7) is 0.625. The molecule has 0 saturated carbocycles. The normalized spacial score (nSPS) is 20.2. The van der Waals surface area contributed by atoms with Gasteiger partial charge in [-0.15, -0.1) is 11.3 Å². The quantitative estimate of drug-likeness (QED) is 0.372. The number of likely N-dealkylation sites (tertiary alicyclic amines) is 1. The average molecular weight is 269 g/mol. The van der Waals surface area contributed by atoms with Crippen LogP contribution >= 0.6 is 11.3 Å². The molecule has 7 heteroatoms. The lowest BCUT2D eigenvalue weighted by molar-refractivity contribution is 0.0772. The maximum Gasteiger partial charge on any atom is 0.264 e. The minimum absolute atomic E-state index is 0.0874. The molecule has 0 spiro atoms. The maximum atomic E-state index is 12.3. The number of ether oxygens (including phenoxy) is 1. The molecule has 6 nitrogen and oxygen atoms in total. The first kappa shape index (κ1) is 12.7. The summed E-state index contributed by atoms with van der Waals surface area (Å²) in [5.74, 6) is 0.657. The molecule has 1 aliphatic heterocycles. The molecule has 2 heterocycles. The van der Waals surface area contributed by atoms with Crippen molar-refractivity contribution in [3.05, 3.63) is 16.3 Å². The van der Waals surface area contributed by atoms with Gasteiger partial charge in [0, 0.05) is 18.0 Å². The lowest BCUT2D eigenvalue weighted by Crippen LogP contribution is -2.43. The van der Waals surface area contributed by atoms with Gasteiger partial charge >= 0.3 is 0 Å². The molecule has 0 bridgehead atoms. The van der Waals surface area contributed by atoms with E-state index in [0.717, 1.165) is 12.8 Å². The number of oxime groups is 1. The standard InChI is InChI=1S/C11H15N3O3S/c1-17-7-5-9(18-6-7)11(15)14-4-2-3-8(14)10(12)13-16/h5-6,8,16H,2-4H2,1H3,(H2,12,13). The first-order valence-electron chi connectivity index (χ1n) is 5.58. The molecule has 1 aromatic rings. The zero-order valence-electron chi connectivity index (χ0n) is 10.00. The van der Waals surface area contributed by atoms with E-state index in [2.05, 4.69) is 5.16 Å². The van der Waals surface area contributed by atoms with Crippen molar-refractivity contribution >= 4 is 23.1 Å². The molecule has 0 radical (unpaired) electrons. The highest BCUT2D eigenvalue weighted by molar-refractivity contribution is 7.12. The number of amides is 1. The number of carbonyl (C=O) groups excluding carboxylic acids is 1. The summed E-state index contributed by atoms with van der Waals surface area (Å²) in [4.78, 5) is 14.5. The van der Waals surface area contributed by atoms with Crippen LogP contribution in [0, 0.1) is 0 Å². The van der Waals surface area contributed by atoms with Crippen LogP contribution in [0.25, 0.3) is 0 Å². The molecule has 1 saturated heterocycles. The van der Waals surface area contributed by atoms with E-state index in [-0.39, 0.29) is 17.8 Å². The Morgan fingerprint density at radius 1 is 1.72 bits per heavy atom.